The molecule has 0 saturated carbocycles. The van der Waals surface area contributed by atoms with Crippen molar-refractivity contribution in [2.75, 3.05) is 11.9 Å². The smallest absolute Gasteiger partial charge is 0.272 e. The van der Waals surface area contributed by atoms with E-state index in [9.17, 15) is 9.18 Å². The second kappa shape index (κ2) is 8.78. The van der Waals surface area contributed by atoms with Crippen molar-refractivity contribution in [3.05, 3.63) is 84.1 Å². The minimum atomic E-state index is -0.345. The van der Waals surface area contributed by atoms with Crippen LogP contribution in [0.4, 0.5) is 15.9 Å². The fourth-order valence-electron chi connectivity index (χ4n) is 3.94. The van der Waals surface area contributed by atoms with Crippen LogP contribution in [-0.2, 0) is 19.5 Å². The van der Waals surface area contributed by atoms with Crippen molar-refractivity contribution < 1.29 is 9.18 Å². The monoisotopic (exact) mass is 443 g/mol. The van der Waals surface area contributed by atoms with Crippen LogP contribution in [0.3, 0.4) is 0 Å². The van der Waals surface area contributed by atoms with Gasteiger partial charge in [-0.05, 0) is 37.3 Å². The molecule has 1 N–H and O–H groups in total. The molecule has 1 amide bonds. The van der Waals surface area contributed by atoms with Crippen LogP contribution in [0.5, 0.6) is 0 Å². The van der Waals surface area contributed by atoms with E-state index in [-0.39, 0.29) is 11.7 Å². The van der Waals surface area contributed by atoms with Crippen LogP contribution in [0, 0.1) is 5.82 Å². The molecule has 0 bridgehead atoms. The third kappa shape index (κ3) is 4.17. The van der Waals surface area contributed by atoms with Crippen LogP contribution >= 0.6 is 0 Å². The summed E-state index contributed by atoms with van der Waals surface area (Å²) in [5.41, 5.74) is 3.64. The third-order valence-electron chi connectivity index (χ3n) is 5.65. The highest BCUT2D eigenvalue weighted by atomic mass is 19.1. The van der Waals surface area contributed by atoms with Crippen LogP contribution in [0.1, 0.15) is 28.7 Å². The van der Waals surface area contributed by atoms with E-state index in [0.717, 1.165) is 16.8 Å². The molecule has 0 atom stereocenters. The lowest BCUT2D eigenvalue weighted by molar-refractivity contribution is 0.0723. The summed E-state index contributed by atoms with van der Waals surface area (Å²) >= 11 is 0. The number of imidazole rings is 1. The zero-order chi connectivity index (χ0) is 22.8. The molecule has 33 heavy (non-hydrogen) atoms. The molecule has 0 spiro atoms. The predicted octanol–water partition coefficient (Wildman–Crippen LogP) is 3.84. The number of halogens is 1. The highest BCUT2D eigenvalue weighted by molar-refractivity contribution is 5.92. The van der Waals surface area contributed by atoms with Crippen molar-refractivity contribution in [3.8, 4) is 11.4 Å². The zero-order valence-electron chi connectivity index (χ0n) is 18.1. The summed E-state index contributed by atoms with van der Waals surface area (Å²) in [6.07, 6.45) is 7.21. The van der Waals surface area contributed by atoms with E-state index in [1.165, 1.54) is 12.1 Å². The van der Waals surface area contributed by atoms with Crippen LogP contribution in [0.15, 0.2) is 61.3 Å². The fraction of sp³-hybridized carbons (Fsp3) is 0.208. The Hall–Kier alpha value is -4.14. The molecule has 1 aliphatic rings. The number of rotatable bonds is 5. The van der Waals surface area contributed by atoms with Crippen LogP contribution in [0.2, 0.25) is 0 Å². The summed E-state index contributed by atoms with van der Waals surface area (Å²) in [5, 5.41) is 3.24. The van der Waals surface area contributed by atoms with Crippen LogP contribution < -0.4 is 5.32 Å². The Morgan fingerprint density at radius 1 is 1.15 bits per heavy atom. The highest BCUT2D eigenvalue weighted by Crippen LogP contribution is 2.30. The molecule has 1 aromatic carbocycles. The number of carbonyl (C=O) groups excluding carboxylic acids is 1. The average Bonchev–Trinajstić information content (AvgIpc) is 3.33. The minimum Gasteiger partial charge on any atom is -0.340 e. The molecule has 0 fully saturated rings. The molecule has 0 aliphatic carbocycles. The number of hydrogen-bond donors (Lipinski definition) is 1. The number of carbonyl (C=O) groups is 1. The molecular formula is C24H22FN7O. The van der Waals surface area contributed by atoms with Gasteiger partial charge in [0, 0.05) is 48.7 Å². The first-order chi connectivity index (χ1) is 16.1. The van der Waals surface area contributed by atoms with E-state index in [4.69, 9.17) is 9.97 Å². The SMILES string of the molecule is CCn1cncc1C(=O)N1CCc2nc(-c3ccncc3)nc(Nc3cccc(F)c3)c2C1. The first kappa shape index (κ1) is 20.7. The molecule has 3 aromatic heterocycles. The Balaban J connectivity index is 1.53. The van der Waals surface area contributed by atoms with Crippen molar-refractivity contribution >= 4 is 17.4 Å². The summed E-state index contributed by atoms with van der Waals surface area (Å²) in [5.74, 6) is 0.676. The number of amides is 1. The van der Waals surface area contributed by atoms with Crippen molar-refractivity contribution in [3.63, 3.8) is 0 Å². The van der Waals surface area contributed by atoms with Gasteiger partial charge in [-0.15, -0.1) is 0 Å². The molecule has 4 heterocycles. The Bertz CT molecular complexity index is 1310. The fourth-order valence-corrected chi connectivity index (χ4v) is 3.94. The number of nitrogens with zero attached hydrogens (tertiary/aromatic N) is 6. The van der Waals surface area contributed by atoms with Crippen molar-refractivity contribution in [1.29, 1.82) is 0 Å². The molecule has 5 rings (SSSR count). The van der Waals surface area contributed by atoms with Crippen molar-refractivity contribution in [1.82, 2.24) is 29.4 Å². The molecule has 8 nitrogen and oxygen atoms in total. The molecule has 166 valence electrons. The molecule has 0 unspecified atom stereocenters. The van der Waals surface area contributed by atoms with Gasteiger partial charge < -0.3 is 14.8 Å². The lowest BCUT2D eigenvalue weighted by Gasteiger charge is -2.30. The van der Waals surface area contributed by atoms with E-state index in [2.05, 4.69) is 15.3 Å². The van der Waals surface area contributed by atoms with Gasteiger partial charge in [0.25, 0.3) is 5.91 Å². The number of anilines is 2. The number of aromatic nitrogens is 5. The second-order valence-electron chi connectivity index (χ2n) is 7.73. The Labute approximate surface area is 190 Å². The zero-order valence-corrected chi connectivity index (χ0v) is 18.1. The molecule has 0 radical (unpaired) electrons. The average molecular weight is 443 g/mol. The highest BCUT2D eigenvalue weighted by Gasteiger charge is 2.28. The Morgan fingerprint density at radius 2 is 2.00 bits per heavy atom. The van der Waals surface area contributed by atoms with Gasteiger partial charge in [0.1, 0.15) is 17.3 Å². The molecule has 1 aliphatic heterocycles. The topological polar surface area (TPSA) is 88.8 Å². The molecule has 4 aromatic rings. The summed E-state index contributed by atoms with van der Waals surface area (Å²) in [6.45, 7) is 3.51. The molecule has 9 heteroatoms. The maximum Gasteiger partial charge on any atom is 0.272 e. The molecule has 0 saturated heterocycles. The third-order valence-corrected chi connectivity index (χ3v) is 5.65. The van der Waals surface area contributed by atoms with Crippen molar-refractivity contribution in [2.45, 2.75) is 26.4 Å². The van der Waals surface area contributed by atoms with Crippen molar-refractivity contribution in [2.24, 2.45) is 0 Å². The summed E-state index contributed by atoms with van der Waals surface area (Å²) in [7, 11) is 0. The standard InChI is InChI=1S/C24H22FN7O/c1-2-31-15-27-13-21(31)24(33)32-11-8-20-19(14-32)23(28-18-5-3-4-17(25)12-18)30-22(29-20)16-6-9-26-10-7-16/h3-7,9-10,12-13,15H,2,8,11,14H2,1H3,(H,28,29,30). The predicted molar refractivity (Wildman–Crippen MR) is 121 cm³/mol. The van der Waals surface area contributed by atoms with Gasteiger partial charge in [-0.25, -0.2) is 19.3 Å². The quantitative estimate of drug-likeness (QED) is 0.504. The van der Waals surface area contributed by atoms with Gasteiger partial charge in [-0.3, -0.25) is 9.78 Å². The number of nitrogens with one attached hydrogen (secondary N) is 1. The second-order valence-corrected chi connectivity index (χ2v) is 7.73. The first-order valence-electron chi connectivity index (χ1n) is 10.7. The number of pyridine rings is 1. The minimum absolute atomic E-state index is 0.0880. The Kier molecular flexibility index (Phi) is 5.52. The maximum absolute atomic E-state index is 13.8. The summed E-state index contributed by atoms with van der Waals surface area (Å²) < 4.78 is 15.6. The van der Waals surface area contributed by atoms with E-state index in [1.54, 1.807) is 42.0 Å². The van der Waals surface area contributed by atoms with E-state index in [1.807, 2.05) is 23.6 Å². The van der Waals surface area contributed by atoms with Gasteiger partial charge in [0.2, 0.25) is 0 Å². The number of aryl methyl sites for hydroxylation is 1. The lowest BCUT2D eigenvalue weighted by atomic mass is 10.0. The normalized spacial score (nSPS) is 13.0. The van der Waals surface area contributed by atoms with Gasteiger partial charge in [-0.1, -0.05) is 6.07 Å². The van der Waals surface area contributed by atoms with E-state index < -0.39 is 0 Å². The maximum atomic E-state index is 13.8. The van der Waals surface area contributed by atoms with E-state index >= 15 is 0 Å². The van der Waals surface area contributed by atoms with Gasteiger partial charge in [0.05, 0.1) is 24.8 Å². The van der Waals surface area contributed by atoms with Crippen LogP contribution in [-0.4, -0.2) is 41.9 Å². The lowest BCUT2D eigenvalue weighted by Crippen LogP contribution is -2.38. The summed E-state index contributed by atoms with van der Waals surface area (Å²) in [6, 6.07) is 9.90. The van der Waals surface area contributed by atoms with Gasteiger partial charge >= 0.3 is 0 Å². The van der Waals surface area contributed by atoms with Gasteiger partial charge in [-0.2, -0.15) is 0 Å². The number of fused-ring (bicyclic) bond motifs is 1. The van der Waals surface area contributed by atoms with Gasteiger partial charge in [0.15, 0.2) is 5.82 Å². The number of benzene rings is 1. The first-order valence-corrected chi connectivity index (χ1v) is 10.7. The number of hydrogen-bond acceptors (Lipinski definition) is 6. The largest absolute Gasteiger partial charge is 0.340 e. The Morgan fingerprint density at radius 3 is 2.79 bits per heavy atom. The molecular weight excluding hydrogens is 421 g/mol. The van der Waals surface area contributed by atoms with E-state index in [0.29, 0.717) is 49.1 Å². The van der Waals surface area contributed by atoms with Crippen LogP contribution in [0.25, 0.3) is 11.4 Å². The summed E-state index contributed by atoms with van der Waals surface area (Å²) in [4.78, 5) is 32.7.